The molecule has 1 fully saturated rings. The van der Waals surface area contributed by atoms with Gasteiger partial charge in [-0.05, 0) is 73.3 Å². The summed E-state index contributed by atoms with van der Waals surface area (Å²) in [6, 6.07) is 2.74. The smallest absolute Gasteiger partial charge is 0.0490 e. The molecule has 1 aromatic heterocycles. The van der Waals surface area contributed by atoms with Crippen molar-refractivity contribution in [3.8, 4) is 0 Å². The van der Waals surface area contributed by atoms with Gasteiger partial charge in [-0.2, -0.15) is 0 Å². The number of halogens is 1. The zero-order valence-electron chi connectivity index (χ0n) is 10.6. The van der Waals surface area contributed by atoms with Crippen LogP contribution < -0.4 is 5.32 Å². The molecule has 1 aromatic rings. The van der Waals surface area contributed by atoms with Crippen LogP contribution >= 0.6 is 27.3 Å². The fourth-order valence-electron chi connectivity index (χ4n) is 2.83. The Balaban J connectivity index is 2.26. The van der Waals surface area contributed by atoms with E-state index < -0.39 is 0 Å². The van der Waals surface area contributed by atoms with E-state index in [1.807, 2.05) is 11.3 Å². The van der Waals surface area contributed by atoms with Gasteiger partial charge < -0.3 is 5.32 Å². The van der Waals surface area contributed by atoms with Gasteiger partial charge in [0.2, 0.25) is 0 Å². The van der Waals surface area contributed by atoms with E-state index in [4.69, 9.17) is 0 Å². The highest BCUT2D eigenvalue weighted by Crippen LogP contribution is 2.40. The average Bonchev–Trinajstić information content (AvgIpc) is 2.63. The number of nitrogens with zero attached hydrogens (tertiary/aromatic N) is 1. The molecule has 0 radical (unpaired) electrons. The first-order valence-electron chi connectivity index (χ1n) is 6.31. The van der Waals surface area contributed by atoms with E-state index >= 15 is 0 Å². The van der Waals surface area contributed by atoms with Crippen molar-refractivity contribution in [3.63, 3.8) is 0 Å². The lowest BCUT2D eigenvalue weighted by Crippen LogP contribution is -2.33. The fourth-order valence-corrected chi connectivity index (χ4v) is 4.70. The maximum Gasteiger partial charge on any atom is 0.0490 e. The average molecular weight is 317 g/mol. The summed E-state index contributed by atoms with van der Waals surface area (Å²) in [5, 5.41) is 5.55. The van der Waals surface area contributed by atoms with Crippen LogP contribution in [0.4, 0.5) is 0 Å². The first-order chi connectivity index (χ1) is 8.24. The number of nitrogens with one attached hydrogen (secondary N) is 1. The van der Waals surface area contributed by atoms with Gasteiger partial charge in [0.1, 0.15) is 0 Å². The molecular formula is C13H21BrN2S. The molecule has 0 saturated carbocycles. The van der Waals surface area contributed by atoms with Crippen molar-refractivity contribution in [1.29, 1.82) is 0 Å². The van der Waals surface area contributed by atoms with Crippen LogP contribution in [-0.4, -0.2) is 32.1 Å². The molecule has 2 nitrogen and oxygen atoms in total. The quantitative estimate of drug-likeness (QED) is 0.918. The van der Waals surface area contributed by atoms with Crippen LogP contribution in [-0.2, 0) is 0 Å². The number of likely N-dealkylation sites (tertiary alicyclic amines) is 1. The molecule has 4 heteroatoms. The van der Waals surface area contributed by atoms with Crippen molar-refractivity contribution >= 4 is 27.3 Å². The largest absolute Gasteiger partial charge is 0.319 e. The Labute approximate surface area is 117 Å². The van der Waals surface area contributed by atoms with E-state index in [1.54, 1.807) is 0 Å². The van der Waals surface area contributed by atoms with Crippen LogP contribution in [0.3, 0.4) is 0 Å². The molecule has 0 aromatic carbocycles. The molecule has 1 N–H and O–H groups in total. The second kappa shape index (κ2) is 6.32. The van der Waals surface area contributed by atoms with E-state index in [2.05, 4.69) is 51.7 Å². The molecule has 0 aliphatic carbocycles. The summed E-state index contributed by atoms with van der Waals surface area (Å²) in [5.41, 5.74) is 0. The minimum absolute atomic E-state index is 0.569. The van der Waals surface area contributed by atoms with Gasteiger partial charge in [0.15, 0.2) is 0 Å². The van der Waals surface area contributed by atoms with Crippen LogP contribution in [0.1, 0.15) is 30.2 Å². The third-order valence-electron chi connectivity index (χ3n) is 3.64. The van der Waals surface area contributed by atoms with Crippen LogP contribution in [0.25, 0.3) is 0 Å². The third kappa shape index (κ3) is 3.11. The zero-order valence-corrected chi connectivity index (χ0v) is 13.0. The second-order valence-corrected chi connectivity index (χ2v) is 6.67. The minimum atomic E-state index is 0.569. The Morgan fingerprint density at radius 3 is 3.00 bits per heavy atom. The Morgan fingerprint density at radius 2 is 2.35 bits per heavy atom. The molecule has 17 heavy (non-hydrogen) atoms. The molecule has 0 amide bonds. The van der Waals surface area contributed by atoms with Crippen molar-refractivity contribution in [2.45, 2.75) is 25.3 Å². The highest BCUT2D eigenvalue weighted by atomic mass is 79.9. The van der Waals surface area contributed by atoms with Gasteiger partial charge in [0.25, 0.3) is 0 Å². The Hall–Kier alpha value is 0.100. The molecule has 0 spiro atoms. The Bertz CT molecular complexity index is 353. The molecule has 0 bridgehead atoms. The summed E-state index contributed by atoms with van der Waals surface area (Å²) in [6.45, 7) is 2.33. The first kappa shape index (κ1) is 13.5. The normalized spacial score (nSPS) is 27.0. The monoisotopic (exact) mass is 316 g/mol. The van der Waals surface area contributed by atoms with Gasteiger partial charge in [-0.3, -0.25) is 4.90 Å². The molecule has 2 unspecified atom stereocenters. The maximum atomic E-state index is 3.70. The van der Waals surface area contributed by atoms with Crippen molar-refractivity contribution < 1.29 is 0 Å². The zero-order chi connectivity index (χ0) is 12.3. The van der Waals surface area contributed by atoms with E-state index in [9.17, 15) is 0 Å². The van der Waals surface area contributed by atoms with Gasteiger partial charge in [0.05, 0.1) is 0 Å². The fraction of sp³-hybridized carbons (Fsp3) is 0.692. The van der Waals surface area contributed by atoms with Gasteiger partial charge >= 0.3 is 0 Å². The number of hydrogen-bond donors (Lipinski definition) is 1. The molecular weight excluding hydrogens is 296 g/mol. The van der Waals surface area contributed by atoms with E-state index in [1.165, 1.54) is 35.2 Å². The lowest BCUT2D eigenvalue weighted by atomic mass is 9.93. The number of hydrogen-bond acceptors (Lipinski definition) is 3. The second-order valence-electron chi connectivity index (χ2n) is 4.87. The topological polar surface area (TPSA) is 15.3 Å². The SMILES string of the molecule is CNCC1CCCCN(C)C1c1sccc1Br. The standard InChI is InChI=1S/C13H21BrN2S/c1-15-9-10-5-3-4-7-16(2)12(10)13-11(14)6-8-17-13/h6,8,10,12,15H,3-5,7,9H2,1-2H3. The van der Waals surface area contributed by atoms with E-state index in [0.29, 0.717) is 6.04 Å². The van der Waals surface area contributed by atoms with E-state index in [-0.39, 0.29) is 0 Å². The summed E-state index contributed by atoms with van der Waals surface area (Å²) < 4.78 is 1.28. The predicted molar refractivity (Wildman–Crippen MR) is 78.7 cm³/mol. The molecule has 1 aliphatic heterocycles. The molecule has 2 heterocycles. The summed E-state index contributed by atoms with van der Waals surface area (Å²) >= 11 is 5.58. The Morgan fingerprint density at radius 1 is 1.53 bits per heavy atom. The van der Waals surface area contributed by atoms with Crippen LogP contribution in [0, 0.1) is 5.92 Å². The van der Waals surface area contributed by atoms with Crippen LogP contribution in [0.5, 0.6) is 0 Å². The van der Waals surface area contributed by atoms with Gasteiger partial charge in [-0.1, -0.05) is 6.42 Å². The third-order valence-corrected chi connectivity index (χ3v) is 5.58. The Kier molecular flexibility index (Phi) is 5.03. The summed E-state index contributed by atoms with van der Waals surface area (Å²) in [4.78, 5) is 4.03. The molecule has 2 atom stereocenters. The lowest BCUT2D eigenvalue weighted by molar-refractivity contribution is 0.194. The van der Waals surface area contributed by atoms with Crippen molar-refractivity contribution in [1.82, 2.24) is 10.2 Å². The molecule has 2 rings (SSSR count). The predicted octanol–water partition coefficient (Wildman–Crippen LogP) is 3.50. The molecule has 1 saturated heterocycles. The van der Waals surface area contributed by atoms with Crippen molar-refractivity contribution in [2.24, 2.45) is 5.92 Å². The molecule has 96 valence electrons. The van der Waals surface area contributed by atoms with Crippen LogP contribution in [0.15, 0.2) is 15.9 Å². The maximum absolute atomic E-state index is 3.70. The van der Waals surface area contributed by atoms with Gasteiger partial charge in [0, 0.05) is 15.4 Å². The van der Waals surface area contributed by atoms with Crippen molar-refractivity contribution in [3.05, 3.63) is 20.8 Å². The lowest BCUT2D eigenvalue weighted by Gasteiger charge is -2.32. The highest BCUT2D eigenvalue weighted by Gasteiger charge is 2.30. The van der Waals surface area contributed by atoms with E-state index in [0.717, 1.165) is 12.5 Å². The highest BCUT2D eigenvalue weighted by molar-refractivity contribution is 9.10. The molecule has 1 aliphatic rings. The summed E-state index contributed by atoms with van der Waals surface area (Å²) in [6.07, 6.45) is 4.02. The minimum Gasteiger partial charge on any atom is -0.319 e. The number of thiophene rings is 1. The summed E-state index contributed by atoms with van der Waals surface area (Å²) in [5.74, 6) is 0.724. The van der Waals surface area contributed by atoms with Crippen LogP contribution in [0.2, 0.25) is 0 Å². The van der Waals surface area contributed by atoms with Gasteiger partial charge in [-0.25, -0.2) is 0 Å². The summed E-state index contributed by atoms with van der Waals surface area (Å²) in [7, 11) is 4.33. The van der Waals surface area contributed by atoms with Crippen molar-refractivity contribution in [2.75, 3.05) is 27.2 Å². The van der Waals surface area contributed by atoms with Gasteiger partial charge in [-0.15, -0.1) is 11.3 Å². The number of rotatable bonds is 3. The first-order valence-corrected chi connectivity index (χ1v) is 7.99.